The Morgan fingerprint density at radius 2 is 2.32 bits per heavy atom. The van der Waals surface area contributed by atoms with Gasteiger partial charge in [0.1, 0.15) is 11.6 Å². The molecule has 0 saturated carbocycles. The summed E-state index contributed by atoms with van der Waals surface area (Å²) in [7, 11) is 0. The molecule has 0 spiro atoms. The van der Waals surface area contributed by atoms with Crippen LogP contribution in [0.4, 0.5) is 11.4 Å². The van der Waals surface area contributed by atoms with Gasteiger partial charge in [0.25, 0.3) is 0 Å². The Balaban J connectivity index is 2.20. The molecular formula is C14H15N7O. The Hall–Kier alpha value is -3.21. The van der Waals surface area contributed by atoms with Crippen LogP contribution in [0.2, 0.25) is 0 Å². The van der Waals surface area contributed by atoms with Gasteiger partial charge in [-0.3, -0.25) is 4.79 Å². The lowest BCUT2D eigenvalue weighted by Crippen LogP contribution is -2.09. The third-order valence-electron chi connectivity index (χ3n) is 2.92. The topological polar surface area (TPSA) is 119 Å². The molecule has 0 unspecified atom stereocenters. The third-order valence-corrected chi connectivity index (χ3v) is 2.92. The van der Waals surface area contributed by atoms with Gasteiger partial charge in [-0.15, -0.1) is 10.2 Å². The summed E-state index contributed by atoms with van der Waals surface area (Å²) in [6, 6.07) is 7.49. The predicted octanol–water partition coefficient (Wildman–Crippen LogP) is 1.83. The monoisotopic (exact) mass is 297 g/mol. The number of amides is 1. The van der Waals surface area contributed by atoms with E-state index in [4.69, 9.17) is 5.26 Å². The lowest BCUT2D eigenvalue weighted by molar-refractivity contribution is -0.115. The van der Waals surface area contributed by atoms with Crippen LogP contribution in [0.5, 0.6) is 0 Å². The normalized spacial score (nSPS) is 10.9. The molecule has 0 saturated heterocycles. The van der Waals surface area contributed by atoms with Crippen molar-refractivity contribution in [2.75, 3.05) is 10.6 Å². The van der Waals surface area contributed by atoms with Crippen LogP contribution in [0.1, 0.15) is 24.7 Å². The molecule has 1 aromatic carbocycles. The maximum atomic E-state index is 11.4. The maximum Gasteiger partial charge on any atom is 0.224 e. The first-order valence-corrected chi connectivity index (χ1v) is 6.65. The van der Waals surface area contributed by atoms with Crippen LogP contribution in [0.25, 0.3) is 5.57 Å². The molecule has 2 aromatic rings. The number of H-pyrrole nitrogens is 1. The SMILES string of the molecule is CCC(=O)Nc1ccc(C)c(NC=C(C#N)c2nn[nH]n2)c1. The van der Waals surface area contributed by atoms with Crippen LogP contribution < -0.4 is 10.6 Å². The van der Waals surface area contributed by atoms with E-state index in [1.807, 2.05) is 25.1 Å². The fourth-order valence-electron chi connectivity index (χ4n) is 1.68. The molecule has 0 atom stereocenters. The molecule has 0 aliphatic heterocycles. The maximum absolute atomic E-state index is 11.4. The van der Waals surface area contributed by atoms with Crippen LogP contribution in [0.15, 0.2) is 24.4 Å². The number of nitrogens with zero attached hydrogens (tertiary/aromatic N) is 4. The van der Waals surface area contributed by atoms with Crippen LogP contribution in [0, 0.1) is 18.3 Å². The lowest BCUT2D eigenvalue weighted by atomic mass is 10.1. The summed E-state index contributed by atoms with van der Waals surface area (Å²) in [6.45, 7) is 3.71. The number of aromatic amines is 1. The van der Waals surface area contributed by atoms with Gasteiger partial charge in [-0.1, -0.05) is 13.0 Å². The fraction of sp³-hybridized carbons (Fsp3) is 0.214. The number of rotatable bonds is 5. The second-order valence-electron chi connectivity index (χ2n) is 4.48. The average molecular weight is 297 g/mol. The predicted molar refractivity (Wildman–Crippen MR) is 81.5 cm³/mol. The van der Waals surface area contributed by atoms with Crippen molar-refractivity contribution in [1.29, 1.82) is 5.26 Å². The molecule has 8 nitrogen and oxygen atoms in total. The molecule has 22 heavy (non-hydrogen) atoms. The van der Waals surface area contributed by atoms with E-state index in [0.29, 0.717) is 12.1 Å². The van der Waals surface area contributed by atoms with Gasteiger partial charge in [0.05, 0.1) is 0 Å². The zero-order chi connectivity index (χ0) is 15.9. The summed E-state index contributed by atoms with van der Waals surface area (Å²) in [6.07, 6.45) is 1.91. The van der Waals surface area contributed by atoms with E-state index in [9.17, 15) is 4.79 Å². The van der Waals surface area contributed by atoms with Crippen molar-refractivity contribution in [2.45, 2.75) is 20.3 Å². The number of anilines is 2. The number of hydrogen-bond donors (Lipinski definition) is 3. The number of benzene rings is 1. The van der Waals surface area contributed by atoms with Crippen LogP contribution in [-0.4, -0.2) is 26.5 Å². The number of carbonyl (C=O) groups excluding carboxylic acids is 1. The molecule has 112 valence electrons. The summed E-state index contributed by atoms with van der Waals surface area (Å²) < 4.78 is 0. The van der Waals surface area contributed by atoms with Gasteiger partial charge in [0.15, 0.2) is 0 Å². The molecule has 3 N–H and O–H groups in total. The number of nitriles is 1. The van der Waals surface area contributed by atoms with Crippen molar-refractivity contribution in [3.63, 3.8) is 0 Å². The standard InChI is InChI=1S/C14H15N7O/c1-3-13(22)17-11-5-4-9(2)12(6-11)16-8-10(7-15)14-18-20-21-19-14/h4-6,8,16H,3H2,1-2H3,(H,17,22)(H,18,19,20,21). The van der Waals surface area contributed by atoms with E-state index in [1.165, 1.54) is 6.20 Å². The summed E-state index contributed by atoms with van der Waals surface area (Å²) in [5.74, 6) is 0.151. The van der Waals surface area contributed by atoms with Gasteiger partial charge in [-0.25, -0.2) is 0 Å². The number of tetrazole rings is 1. The highest BCUT2D eigenvalue weighted by Crippen LogP contribution is 2.21. The van der Waals surface area contributed by atoms with Crippen molar-refractivity contribution in [3.8, 4) is 6.07 Å². The van der Waals surface area contributed by atoms with Crippen molar-refractivity contribution >= 4 is 22.9 Å². The molecule has 1 heterocycles. The molecular weight excluding hydrogens is 282 g/mol. The van der Waals surface area contributed by atoms with Crippen molar-refractivity contribution < 1.29 is 4.79 Å². The number of aromatic nitrogens is 4. The Kier molecular flexibility index (Phi) is 4.82. The molecule has 0 fully saturated rings. The van der Waals surface area contributed by atoms with E-state index >= 15 is 0 Å². The molecule has 0 bridgehead atoms. The van der Waals surface area contributed by atoms with Gasteiger partial charge in [-0.2, -0.15) is 10.5 Å². The lowest BCUT2D eigenvalue weighted by Gasteiger charge is -2.09. The number of carbonyl (C=O) groups is 1. The van der Waals surface area contributed by atoms with Crippen molar-refractivity contribution in [3.05, 3.63) is 35.8 Å². The molecule has 0 aliphatic rings. The van der Waals surface area contributed by atoms with Crippen LogP contribution in [-0.2, 0) is 4.79 Å². The van der Waals surface area contributed by atoms with Crippen molar-refractivity contribution in [1.82, 2.24) is 20.6 Å². The summed E-state index contributed by atoms with van der Waals surface area (Å²) >= 11 is 0. The van der Waals surface area contributed by atoms with E-state index < -0.39 is 0 Å². The zero-order valence-electron chi connectivity index (χ0n) is 12.2. The molecule has 1 aromatic heterocycles. The highest BCUT2D eigenvalue weighted by molar-refractivity contribution is 5.91. The summed E-state index contributed by atoms with van der Waals surface area (Å²) in [4.78, 5) is 11.4. The van der Waals surface area contributed by atoms with Crippen LogP contribution in [0.3, 0.4) is 0 Å². The summed E-state index contributed by atoms with van der Waals surface area (Å²) in [5.41, 5.74) is 2.67. The fourth-order valence-corrected chi connectivity index (χ4v) is 1.68. The number of allylic oxidation sites excluding steroid dienone is 1. The van der Waals surface area contributed by atoms with Crippen molar-refractivity contribution in [2.24, 2.45) is 0 Å². The minimum Gasteiger partial charge on any atom is -0.360 e. The van der Waals surface area contributed by atoms with E-state index in [-0.39, 0.29) is 17.3 Å². The highest BCUT2D eigenvalue weighted by atomic mass is 16.1. The second-order valence-corrected chi connectivity index (χ2v) is 4.48. The Labute approximate surface area is 127 Å². The largest absolute Gasteiger partial charge is 0.360 e. The quantitative estimate of drug-likeness (QED) is 0.724. The number of nitrogens with one attached hydrogen (secondary N) is 3. The Morgan fingerprint density at radius 1 is 1.50 bits per heavy atom. The van der Waals surface area contributed by atoms with Gasteiger partial charge in [-0.05, 0) is 29.8 Å². The molecule has 1 amide bonds. The third kappa shape index (κ3) is 3.67. The average Bonchev–Trinajstić information content (AvgIpc) is 3.05. The number of aryl methyl sites for hydroxylation is 1. The zero-order valence-corrected chi connectivity index (χ0v) is 12.2. The van der Waals surface area contributed by atoms with Gasteiger partial charge >= 0.3 is 0 Å². The molecule has 0 radical (unpaired) electrons. The smallest absolute Gasteiger partial charge is 0.224 e. The first-order valence-electron chi connectivity index (χ1n) is 6.65. The van der Waals surface area contributed by atoms with E-state index in [2.05, 4.69) is 31.3 Å². The minimum atomic E-state index is -0.0603. The molecule has 0 aliphatic carbocycles. The van der Waals surface area contributed by atoms with Gasteiger partial charge in [0, 0.05) is 24.0 Å². The van der Waals surface area contributed by atoms with Gasteiger partial charge in [0.2, 0.25) is 11.7 Å². The number of hydrogen-bond acceptors (Lipinski definition) is 6. The first kappa shape index (κ1) is 15.2. The Bertz CT molecular complexity index is 728. The highest BCUT2D eigenvalue weighted by Gasteiger charge is 2.07. The first-order chi connectivity index (χ1) is 10.6. The van der Waals surface area contributed by atoms with Crippen LogP contribution >= 0.6 is 0 Å². The molecule has 8 heteroatoms. The van der Waals surface area contributed by atoms with E-state index in [0.717, 1.165) is 11.3 Å². The van der Waals surface area contributed by atoms with E-state index in [1.54, 1.807) is 13.0 Å². The second kappa shape index (κ2) is 6.99. The molecule has 2 rings (SSSR count). The van der Waals surface area contributed by atoms with Gasteiger partial charge < -0.3 is 10.6 Å². The summed E-state index contributed by atoms with van der Waals surface area (Å²) in [5, 5.41) is 28.1. The minimum absolute atomic E-state index is 0.0603. The Morgan fingerprint density at radius 3 is 2.95 bits per heavy atom.